The van der Waals surface area contributed by atoms with Gasteiger partial charge in [0.05, 0.1) is 18.5 Å². The van der Waals surface area contributed by atoms with Crippen molar-refractivity contribution in [2.24, 2.45) is 0 Å². The second-order valence-electron chi connectivity index (χ2n) is 6.45. The Morgan fingerprint density at radius 2 is 1.90 bits per heavy atom. The largest absolute Gasteiger partial charge is 0.465 e. The first kappa shape index (κ1) is 23.3. The van der Waals surface area contributed by atoms with Crippen LogP contribution in [0.4, 0.5) is 15.9 Å². The van der Waals surface area contributed by atoms with Gasteiger partial charge in [-0.1, -0.05) is 45.4 Å². The first-order valence-electron chi connectivity index (χ1n) is 9.66. The molecule has 3 aromatic rings. The Morgan fingerprint density at radius 3 is 2.57 bits per heavy atom. The van der Waals surface area contributed by atoms with Crippen LogP contribution < -0.4 is 5.32 Å². The van der Waals surface area contributed by atoms with E-state index in [1.807, 2.05) is 33.8 Å². The van der Waals surface area contributed by atoms with E-state index in [-0.39, 0.29) is 11.5 Å². The fourth-order valence-corrected chi connectivity index (χ4v) is 2.96. The summed E-state index contributed by atoms with van der Waals surface area (Å²) in [5, 5.41) is 3.59. The van der Waals surface area contributed by atoms with E-state index in [9.17, 15) is 9.18 Å². The fraction of sp³-hybridized carbons (Fsp3) is 0.261. The predicted molar refractivity (Wildman–Crippen MR) is 119 cm³/mol. The van der Waals surface area contributed by atoms with Gasteiger partial charge in [0.15, 0.2) is 0 Å². The van der Waals surface area contributed by atoms with E-state index in [1.54, 1.807) is 18.3 Å². The Labute approximate surface area is 181 Å². The lowest BCUT2D eigenvalue weighted by Gasteiger charge is -2.17. The lowest BCUT2D eigenvalue weighted by molar-refractivity contribution is 0.0601. The third-order valence-corrected chi connectivity index (χ3v) is 4.47. The molecule has 0 radical (unpaired) electrons. The van der Waals surface area contributed by atoms with Crippen molar-refractivity contribution in [1.29, 1.82) is 0 Å². The molecule has 0 saturated carbocycles. The SMILES string of the molecule is CC.COC(=O)c1cnccc1Nc1nc(-c2cc(Cl)ccc2F)ccc1C(C)C. The number of benzene rings is 1. The third-order valence-electron chi connectivity index (χ3n) is 4.23. The van der Waals surface area contributed by atoms with Gasteiger partial charge in [0.25, 0.3) is 0 Å². The van der Waals surface area contributed by atoms with Gasteiger partial charge in [0.1, 0.15) is 17.2 Å². The second-order valence-corrected chi connectivity index (χ2v) is 6.89. The lowest BCUT2D eigenvalue weighted by Crippen LogP contribution is -2.08. The molecule has 2 aromatic heterocycles. The van der Waals surface area contributed by atoms with Crippen molar-refractivity contribution in [2.45, 2.75) is 33.6 Å². The van der Waals surface area contributed by atoms with Crippen molar-refractivity contribution in [3.05, 3.63) is 70.8 Å². The summed E-state index contributed by atoms with van der Waals surface area (Å²) in [5.41, 5.74) is 2.42. The zero-order chi connectivity index (χ0) is 22.3. The first-order chi connectivity index (χ1) is 14.4. The Morgan fingerprint density at radius 1 is 1.17 bits per heavy atom. The zero-order valence-electron chi connectivity index (χ0n) is 17.7. The Hall–Kier alpha value is -2.99. The maximum atomic E-state index is 14.3. The molecule has 158 valence electrons. The molecule has 1 aromatic carbocycles. The van der Waals surface area contributed by atoms with Crippen molar-refractivity contribution in [1.82, 2.24) is 9.97 Å². The highest BCUT2D eigenvalue weighted by Crippen LogP contribution is 2.32. The van der Waals surface area contributed by atoms with Gasteiger partial charge >= 0.3 is 5.97 Å². The van der Waals surface area contributed by atoms with E-state index in [0.717, 1.165) is 5.56 Å². The van der Waals surface area contributed by atoms with Gasteiger partial charge in [-0.25, -0.2) is 14.2 Å². The van der Waals surface area contributed by atoms with Gasteiger partial charge in [-0.2, -0.15) is 0 Å². The molecule has 0 amide bonds. The summed E-state index contributed by atoms with van der Waals surface area (Å²) in [5.74, 6) is -0.266. The number of rotatable bonds is 5. The first-order valence-corrected chi connectivity index (χ1v) is 10.0. The van der Waals surface area contributed by atoms with E-state index in [2.05, 4.69) is 15.3 Å². The predicted octanol–water partition coefficient (Wildman–Crippen LogP) is 6.62. The topological polar surface area (TPSA) is 64.1 Å². The van der Waals surface area contributed by atoms with E-state index >= 15 is 0 Å². The van der Waals surface area contributed by atoms with Gasteiger partial charge in [-0.3, -0.25) is 4.98 Å². The molecule has 0 atom stereocenters. The van der Waals surface area contributed by atoms with Crippen LogP contribution in [0.25, 0.3) is 11.3 Å². The van der Waals surface area contributed by atoms with Gasteiger partial charge in [-0.15, -0.1) is 0 Å². The average Bonchev–Trinajstić information content (AvgIpc) is 2.76. The number of ether oxygens (including phenoxy) is 1. The van der Waals surface area contributed by atoms with E-state index in [4.69, 9.17) is 16.3 Å². The maximum absolute atomic E-state index is 14.3. The van der Waals surface area contributed by atoms with Crippen LogP contribution in [0.2, 0.25) is 5.02 Å². The minimum Gasteiger partial charge on any atom is -0.465 e. The number of carbonyl (C=O) groups excluding carboxylic acids is 1. The highest BCUT2D eigenvalue weighted by atomic mass is 35.5. The van der Waals surface area contributed by atoms with Crippen LogP contribution in [0.5, 0.6) is 0 Å². The number of nitrogens with zero attached hydrogens (tertiary/aromatic N) is 2. The van der Waals surface area contributed by atoms with Crippen LogP contribution in [0, 0.1) is 5.82 Å². The van der Waals surface area contributed by atoms with Crippen molar-refractivity contribution >= 4 is 29.1 Å². The minimum absolute atomic E-state index is 0.150. The second kappa shape index (κ2) is 10.7. The quantitative estimate of drug-likeness (QED) is 0.462. The summed E-state index contributed by atoms with van der Waals surface area (Å²) < 4.78 is 19.1. The van der Waals surface area contributed by atoms with Crippen molar-refractivity contribution in [2.75, 3.05) is 12.4 Å². The molecular formula is C23H25ClFN3O2. The molecule has 0 spiro atoms. The fourth-order valence-electron chi connectivity index (χ4n) is 2.78. The molecule has 5 nitrogen and oxygen atoms in total. The lowest BCUT2D eigenvalue weighted by atomic mass is 10.0. The molecule has 0 aliphatic heterocycles. The van der Waals surface area contributed by atoms with Gasteiger partial charge < -0.3 is 10.1 Å². The van der Waals surface area contributed by atoms with Crippen LogP contribution in [0.3, 0.4) is 0 Å². The summed E-state index contributed by atoms with van der Waals surface area (Å²) in [6.45, 7) is 8.05. The smallest absolute Gasteiger partial charge is 0.341 e. The van der Waals surface area contributed by atoms with Crippen molar-refractivity contribution in [3.8, 4) is 11.3 Å². The highest BCUT2D eigenvalue weighted by Gasteiger charge is 2.17. The number of hydrogen-bond donors (Lipinski definition) is 1. The molecule has 2 heterocycles. The number of aromatic nitrogens is 2. The van der Waals surface area contributed by atoms with Gasteiger partial charge in [-0.05, 0) is 41.8 Å². The molecule has 1 N–H and O–H groups in total. The number of halogens is 2. The molecule has 30 heavy (non-hydrogen) atoms. The van der Waals surface area contributed by atoms with Crippen LogP contribution in [-0.2, 0) is 4.74 Å². The maximum Gasteiger partial charge on any atom is 0.341 e. The van der Waals surface area contributed by atoms with Crippen molar-refractivity contribution in [3.63, 3.8) is 0 Å². The zero-order valence-corrected chi connectivity index (χ0v) is 18.4. The van der Waals surface area contributed by atoms with E-state index < -0.39 is 11.8 Å². The molecule has 0 fully saturated rings. The number of methoxy groups -OCH3 is 1. The summed E-state index contributed by atoms with van der Waals surface area (Å²) in [6, 6.07) is 9.62. The minimum atomic E-state index is -0.515. The molecule has 0 saturated heterocycles. The number of hydrogen-bond acceptors (Lipinski definition) is 5. The highest BCUT2D eigenvalue weighted by molar-refractivity contribution is 6.30. The Kier molecular flexibility index (Phi) is 8.30. The van der Waals surface area contributed by atoms with Crippen LogP contribution in [0.15, 0.2) is 48.8 Å². The number of nitrogens with one attached hydrogen (secondary N) is 1. The van der Waals surface area contributed by atoms with Crippen LogP contribution in [0.1, 0.15) is 49.5 Å². The normalized spacial score (nSPS) is 10.3. The van der Waals surface area contributed by atoms with Gasteiger partial charge in [0, 0.05) is 23.0 Å². The average molecular weight is 430 g/mol. The number of esters is 1. The molecular weight excluding hydrogens is 405 g/mol. The van der Waals surface area contributed by atoms with Gasteiger partial charge in [0.2, 0.25) is 0 Å². The molecule has 0 bridgehead atoms. The number of pyridine rings is 2. The van der Waals surface area contributed by atoms with E-state index in [0.29, 0.717) is 27.8 Å². The molecule has 0 unspecified atom stereocenters. The van der Waals surface area contributed by atoms with Crippen LogP contribution in [-0.4, -0.2) is 23.0 Å². The summed E-state index contributed by atoms with van der Waals surface area (Å²) in [4.78, 5) is 20.6. The summed E-state index contributed by atoms with van der Waals surface area (Å²) in [6.07, 6.45) is 2.98. The van der Waals surface area contributed by atoms with Crippen LogP contribution >= 0.6 is 11.6 Å². The Bertz CT molecular complexity index is 1030. The molecule has 3 rings (SSSR count). The molecule has 7 heteroatoms. The number of anilines is 2. The van der Waals surface area contributed by atoms with E-state index in [1.165, 1.54) is 31.5 Å². The summed E-state index contributed by atoms with van der Waals surface area (Å²) >= 11 is 6.02. The van der Waals surface area contributed by atoms with Crippen molar-refractivity contribution < 1.29 is 13.9 Å². The third kappa shape index (κ3) is 5.33. The molecule has 0 aliphatic rings. The monoisotopic (exact) mass is 429 g/mol. The Balaban J connectivity index is 0.00000155. The summed E-state index contributed by atoms with van der Waals surface area (Å²) in [7, 11) is 1.31. The standard InChI is InChI=1S/C21H19ClFN3O2.C2H6/c1-12(2)14-5-7-18(15-10-13(22)4-6-17(15)23)25-20(14)26-19-8-9-24-11-16(19)21(27)28-3;1-2/h4-12H,1-3H3,(H,24,25,26);1-2H3. The number of carbonyl (C=O) groups is 1. The molecule has 0 aliphatic carbocycles.